The topological polar surface area (TPSA) is 128 Å². The second-order valence-corrected chi connectivity index (χ2v) is 8.29. The summed E-state index contributed by atoms with van der Waals surface area (Å²) in [5.41, 5.74) is 0.701. The van der Waals surface area contributed by atoms with Gasteiger partial charge in [0.2, 0.25) is 11.8 Å². The number of nitrogens with zero attached hydrogens (tertiary/aromatic N) is 2. The number of nitrogens with one attached hydrogen (secondary N) is 3. The molecule has 0 bridgehead atoms. The Labute approximate surface area is 194 Å². The van der Waals surface area contributed by atoms with Crippen LogP contribution in [-0.2, 0) is 14.4 Å². The Kier molecular flexibility index (Phi) is 9.99. The molecule has 1 heterocycles. The van der Waals surface area contributed by atoms with Crippen LogP contribution < -0.4 is 16.0 Å². The van der Waals surface area contributed by atoms with Crippen LogP contribution in [-0.4, -0.2) is 93.5 Å². The number of likely N-dealkylation sites (tertiary alicyclic amines) is 1. The molecule has 33 heavy (non-hydrogen) atoms. The molecule has 0 spiro atoms. The quantitative estimate of drug-likeness (QED) is 0.358. The molecule has 180 valence electrons. The Hall–Kier alpha value is -3.27. The fourth-order valence-electron chi connectivity index (χ4n) is 3.75. The predicted molar refractivity (Wildman–Crippen MR) is 124 cm³/mol. The largest absolute Gasteiger partial charge is 0.384 e. The molecule has 1 aromatic rings. The van der Waals surface area contributed by atoms with Gasteiger partial charge in [-0.3, -0.25) is 19.2 Å². The van der Waals surface area contributed by atoms with E-state index in [0.29, 0.717) is 30.7 Å². The van der Waals surface area contributed by atoms with E-state index in [-0.39, 0.29) is 48.7 Å². The van der Waals surface area contributed by atoms with Gasteiger partial charge in [-0.1, -0.05) is 12.1 Å². The lowest BCUT2D eigenvalue weighted by Gasteiger charge is -2.36. The summed E-state index contributed by atoms with van der Waals surface area (Å²) in [5, 5.41) is 8.46. The van der Waals surface area contributed by atoms with Crippen molar-refractivity contribution in [1.29, 1.82) is 0 Å². The zero-order chi connectivity index (χ0) is 24.4. The van der Waals surface area contributed by atoms with Crippen LogP contribution in [0.15, 0.2) is 18.2 Å². The summed E-state index contributed by atoms with van der Waals surface area (Å²) in [6.45, 7) is 2.86. The van der Waals surface area contributed by atoms with Crippen molar-refractivity contribution in [2.24, 2.45) is 5.92 Å². The van der Waals surface area contributed by atoms with Crippen LogP contribution in [0.25, 0.3) is 0 Å². The summed E-state index contributed by atoms with van der Waals surface area (Å²) in [4.78, 5) is 63.4. The summed E-state index contributed by atoms with van der Waals surface area (Å²) in [6, 6.07) is 3.98. The van der Waals surface area contributed by atoms with Crippen LogP contribution in [0.3, 0.4) is 0 Å². The van der Waals surface area contributed by atoms with Gasteiger partial charge in [-0.25, -0.2) is 0 Å². The molecule has 3 amide bonds. The third-order valence-electron chi connectivity index (χ3n) is 5.75. The van der Waals surface area contributed by atoms with Crippen molar-refractivity contribution in [3.05, 3.63) is 29.3 Å². The van der Waals surface area contributed by atoms with Gasteiger partial charge in [0.05, 0.1) is 11.6 Å². The van der Waals surface area contributed by atoms with Crippen molar-refractivity contribution in [2.75, 3.05) is 52.6 Å². The number of rotatable bonds is 13. The number of benzene rings is 1. The third-order valence-corrected chi connectivity index (χ3v) is 5.75. The van der Waals surface area contributed by atoms with Crippen molar-refractivity contribution in [2.45, 2.75) is 25.3 Å². The zero-order valence-corrected chi connectivity index (χ0v) is 19.4. The third kappa shape index (κ3) is 7.38. The molecule has 1 aromatic carbocycles. The second-order valence-electron chi connectivity index (χ2n) is 8.29. The highest BCUT2D eigenvalue weighted by molar-refractivity contribution is 6.06. The Morgan fingerprint density at radius 2 is 1.91 bits per heavy atom. The van der Waals surface area contributed by atoms with E-state index in [2.05, 4.69) is 20.9 Å². The van der Waals surface area contributed by atoms with E-state index < -0.39 is 11.9 Å². The molecule has 0 aliphatic carbocycles. The van der Waals surface area contributed by atoms with Gasteiger partial charge in [0, 0.05) is 70.3 Å². The Morgan fingerprint density at radius 3 is 2.52 bits per heavy atom. The van der Waals surface area contributed by atoms with Gasteiger partial charge in [-0.2, -0.15) is 0 Å². The highest BCUT2D eigenvalue weighted by Crippen LogP contribution is 2.22. The second kappa shape index (κ2) is 12.7. The van der Waals surface area contributed by atoms with Crippen molar-refractivity contribution in [3.8, 4) is 0 Å². The molecule has 0 radical (unpaired) electrons. The van der Waals surface area contributed by atoms with E-state index in [0.717, 1.165) is 13.1 Å². The highest BCUT2D eigenvalue weighted by Gasteiger charge is 2.26. The van der Waals surface area contributed by atoms with Crippen LogP contribution in [0.5, 0.6) is 0 Å². The Balaban J connectivity index is 2.01. The van der Waals surface area contributed by atoms with Crippen LogP contribution in [0.2, 0.25) is 0 Å². The molecular formula is C23H33N5O5. The first-order valence-corrected chi connectivity index (χ1v) is 11.0. The fraction of sp³-hybridized carbons (Fsp3) is 0.522. The van der Waals surface area contributed by atoms with Crippen molar-refractivity contribution < 1.29 is 24.0 Å². The van der Waals surface area contributed by atoms with Crippen LogP contribution in [0, 0.1) is 5.92 Å². The average molecular weight is 460 g/mol. The van der Waals surface area contributed by atoms with E-state index >= 15 is 0 Å². The Morgan fingerprint density at radius 1 is 1.18 bits per heavy atom. The average Bonchev–Trinajstić information content (AvgIpc) is 2.80. The number of aldehydes is 2. The number of anilines is 1. The number of hydrogen-bond donors (Lipinski definition) is 3. The molecule has 3 N–H and O–H groups in total. The molecule has 1 atom stereocenters. The summed E-state index contributed by atoms with van der Waals surface area (Å²) < 4.78 is 0. The molecule has 0 saturated carbocycles. The molecule has 0 aromatic heterocycles. The first-order valence-electron chi connectivity index (χ1n) is 11.0. The van der Waals surface area contributed by atoms with E-state index in [1.165, 1.54) is 25.1 Å². The standard InChI is InChI=1S/C23H33N5O5/c1-24-20(31)8-7-18(15-30)28(3)23(33)22-17(14-29)5-4-6-19(22)25-10-9-21(32)26-11-16-12-27(2)13-16/h4-6,14-16,18,25H,7-13H2,1-3H3,(H,24,31)(H,26,32). The predicted octanol–water partition coefficient (Wildman–Crippen LogP) is 0.145. The molecule has 10 heteroatoms. The van der Waals surface area contributed by atoms with Crippen molar-refractivity contribution in [1.82, 2.24) is 20.4 Å². The first-order chi connectivity index (χ1) is 15.8. The van der Waals surface area contributed by atoms with E-state index in [1.54, 1.807) is 12.1 Å². The lowest BCUT2D eigenvalue weighted by Crippen LogP contribution is -2.49. The van der Waals surface area contributed by atoms with Gasteiger partial charge < -0.3 is 30.5 Å². The minimum absolute atomic E-state index is 0.0875. The number of likely N-dealkylation sites (N-methyl/N-ethyl adjacent to an activating group) is 1. The minimum Gasteiger partial charge on any atom is -0.384 e. The zero-order valence-electron chi connectivity index (χ0n) is 19.4. The summed E-state index contributed by atoms with van der Waals surface area (Å²) in [7, 11) is 4.99. The molecule has 2 rings (SSSR count). The maximum Gasteiger partial charge on any atom is 0.257 e. The van der Waals surface area contributed by atoms with Gasteiger partial charge in [0.25, 0.3) is 5.91 Å². The Bertz CT molecular complexity index is 869. The maximum absolute atomic E-state index is 13.2. The van der Waals surface area contributed by atoms with Crippen molar-refractivity contribution >= 4 is 36.0 Å². The number of hydrogen-bond acceptors (Lipinski definition) is 7. The summed E-state index contributed by atoms with van der Waals surface area (Å²) in [5.74, 6) is -0.373. The van der Waals surface area contributed by atoms with Gasteiger partial charge in [-0.15, -0.1) is 0 Å². The number of carbonyl (C=O) groups is 5. The molecular weight excluding hydrogens is 426 g/mol. The monoisotopic (exact) mass is 459 g/mol. The van der Waals surface area contributed by atoms with Gasteiger partial charge in [-0.05, 0) is 19.5 Å². The SMILES string of the molecule is CNC(=O)CCC(C=O)N(C)C(=O)c1c(C=O)cccc1NCCC(=O)NCC1CN(C)C1. The lowest BCUT2D eigenvalue weighted by atomic mass is 10.0. The van der Waals surface area contributed by atoms with Crippen LogP contribution >= 0.6 is 0 Å². The molecule has 1 saturated heterocycles. The minimum atomic E-state index is -0.821. The van der Waals surface area contributed by atoms with Crippen molar-refractivity contribution in [3.63, 3.8) is 0 Å². The van der Waals surface area contributed by atoms with Crippen LogP contribution in [0.4, 0.5) is 5.69 Å². The highest BCUT2D eigenvalue weighted by atomic mass is 16.2. The molecule has 10 nitrogen and oxygen atoms in total. The van der Waals surface area contributed by atoms with Gasteiger partial charge in [0.15, 0.2) is 6.29 Å². The number of amides is 3. The summed E-state index contributed by atoms with van der Waals surface area (Å²) in [6.07, 6.45) is 1.65. The molecule has 1 fully saturated rings. The van der Waals surface area contributed by atoms with E-state index in [9.17, 15) is 24.0 Å². The van der Waals surface area contributed by atoms with E-state index in [4.69, 9.17) is 0 Å². The lowest BCUT2D eigenvalue weighted by molar-refractivity contribution is -0.122. The van der Waals surface area contributed by atoms with Gasteiger partial charge in [0.1, 0.15) is 6.29 Å². The van der Waals surface area contributed by atoms with Crippen LogP contribution in [0.1, 0.15) is 40.0 Å². The smallest absolute Gasteiger partial charge is 0.257 e. The molecule has 1 aliphatic rings. The molecule has 1 aliphatic heterocycles. The first kappa shape index (κ1) is 26.0. The normalized spacial score (nSPS) is 14.5. The molecule has 1 unspecified atom stereocenters. The fourth-order valence-corrected chi connectivity index (χ4v) is 3.75. The maximum atomic E-state index is 13.2. The van der Waals surface area contributed by atoms with E-state index in [1.807, 2.05) is 7.05 Å². The van der Waals surface area contributed by atoms with Gasteiger partial charge >= 0.3 is 0 Å². The number of carbonyl (C=O) groups excluding carboxylic acids is 5. The summed E-state index contributed by atoms with van der Waals surface area (Å²) >= 11 is 0.